The first kappa shape index (κ1) is 12.1. The minimum Gasteiger partial charge on any atom is -0.241 e. The fraction of sp³-hybridized carbons (Fsp3) is 0.294. The van der Waals surface area contributed by atoms with Gasteiger partial charge in [0.2, 0.25) is 0 Å². The predicted octanol–water partition coefficient (Wildman–Crippen LogP) is 3.39. The van der Waals surface area contributed by atoms with E-state index in [4.69, 9.17) is 0 Å². The Bertz CT molecular complexity index is 597. The van der Waals surface area contributed by atoms with Gasteiger partial charge in [-0.05, 0) is 42.9 Å². The Morgan fingerprint density at radius 3 is 2.58 bits per heavy atom. The second-order valence-corrected chi connectivity index (χ2v) is 4.96. The quantitative estimate of drug-likeness (QED) is 0.831. The molecule has 0 amide bonds. The minimum atomic E-state index is 0.986. The maximum atomic E-state index is 4.45. The van der Waals surface area contributed by atoms with Gasteiger partial charge in [0.1, 0.15) is 6.33 Å². The molecule has 0 bridgehead atoms. The number of aryl methyl sites for hydroxylation is 3. The van der Waals surface area contributed by atoms with E-state index in [1.54, 1.807) is 6.33 Å². The van der Waals surface area contributed by atoms with Crippen LogP contribution in [0.1, 0.15) is 35.0 Å². The normalized spacial score (nSPS) is 12.7. The first-order chi connectivity index (χ1) is 9.36. The summed E-state index contributed by atoms with van der Waals surface area (Å²) < 4.78 is 0. The third-order valence-electron chi connectivity index (χ3n) is 3.75. The first-order valence-corrected chi connectivity index (χ1v) is 6.94. The molecule has 3 rings (SSSR count). The van der Waals surface area contributed by atoms with Gasteiger partial charge >= 0.3 is 0 Å². The maximum absolute atomic E-state index is 4.45. The molecular weight excluding hydrogens is 232 g/mol. The highest BCUT2D eigenvalue weighted by atomic mass is 14.8. The zero-order valence-electron chi connectivity index (χ0n) is 11.3. The summed E-state index contributed by atoms with van der Waals surface area (Å²) in [7, 11) is 0. The Labute approximate surface area is 114 Å². The standard InChI is InChI=1S/C17H18N2/c1-2-13-6-8-14(9-7-13)10-11-17-15-4-3-5-16(15)18-12-19-17/h3,5-9,12H,2,4,10-11H2,1H3. The number of rotatable bonds is 4. The van der Waals surface area contributed by atoms with Crippen molar-refractivity contribution in [2.75, 3.05) is 0 Å². The van der Waals surface area contributed by atoms with E-state index >= 15 is 0 Å². The van der Waals surface area contributed by atoms with Crippen molar-refractivity contribution in [1.82, 2.24) is 9.97 Å². The fourth-order valence-electron chi connectivity index (χ4n) is 2.54. The van der Waals surface area contributed by atoms with Crippen molar-refractivity contribution in [2.45, 2.75) is 32.6 Å². The molecule has 19 heavy (non-hydrogen) atoms. The van der Waals surface area contributed by atoms with Crippen LogP contribution in [0, 0.1) is 0 Å². The van der Waals surface area contributed by atoms with Crippen LogP contribution in [0.25, 0.3) is 6.08 Å². The van der Waals surface area contributed by atoms with Gasteiger partial charge < -0.3 is 0 Å². The van der Waals surface area contributed by atoms with E-state index in [1.165, 1.54) is 22.4 Å². The Balaban J connectivity index is 1.71. The van der Waals surface area contributed by atoms with E-state index in [2.05, 4.69) is 53.3 Å². The van der Waals surface area contributed by atoms with Crippen LogP contribution in [-0.4, -0.2) is 9.97 Å². The molecule has 2 nitrogen and oxygen atoms in total. The summed E-state index contributed by atoms with van der Waals surface area (Å²) in [6.45, 7) is 2.19. The molecule has 0 N–H and O–H groups in total. The van der Waals surface area contributed by atoms with E-state index < -0.39 is 0 Å². The molecule has 0 unspecified atom stereocenters. The number of hydrogen-bond donors (Lipinski definition) is 0. The Morgan fingerprint density at radius 2 is 1.79 bits per heavy atom. The van der Waals surface area contributed by atoms with Crippen LogP contribution in [0.2, 0.25) is 0 Å². The van der Waals surface area contributed by atoms with Crippen LogP contribution in [0.3, 0.4) is 0 Å². The Kier molecular flexibility index (Phi) is 3.41. The van der Waals surface area contributed by atoms with Gasteiger partial charge in [-0.25, -0.2) is 9.97 Å². The van der Waals surface area contributed by atoms with E-state index in [0.717, 1.165) is 31.4 Å². The lowest BCUT2D eigenvalue weighted by Crippen LogP contribution is -2.02. The predicted molar refractivity (Wildman–Crippen MR) is 78.0 cm³/mol. The highest BCUT2D eigenvalue weighted by Crippen LogP contribution is 2.20. The van der Waals surface area contributed by atoms with Crippen molar-refractivity contribution < 1.29 is 0 Å². The Morgan fingerprint density at radius 1 is 1.00 bits per heavy atom. The van der Waals surface area contributed by atoms with Crippen molar-refractivity contribution in [1.29, 1.82) is 0 Å². The summed E-state index contributed by atoms with van der Waals surface area (Å²) in [5, 5.41) is 0. The molecule has 2 heteroatoms. The van der Waals surface area contributed by atoms with Crippen LogP contribution in [0.5, 0.6) is 0 Å². The number of nitrogens with zero attached hydrogens (tertiary/aromatic N) is 2. The van der Waals surface area contributed by atoms with Crippen molar-refractivity contribution >= 4 is 6.08 Å². The van der Waals surface area contributed by atoms with Gasteiger partial charge in [-0.15, -0.1) is 0 Å². The van der Waals surface area contributed by atoms with Gasteiger partial charge in [-0.1, -0.05) is 37.3 Å². The number of allylic oxidation sites excluding steroid dienone is 1. The van der Waals surface area contributed by atoms with Crippen LogP contribution >= 0.6 is 0 Å². The summed E-state index contributed by atoms with van der Waals surface area (Å²) in [5.74, 6) is 0. The van der Waals surface area contributed by atoms with E-state index in [1.807, 2.05) is 0 Å². The van der Waals surface area contributed by atoms with Crippen LogP contribution < -0.4 is 0 Å². The summed E-state index contributed by atoms with van der Waals surface area (Å²) in [6.07, 6.45) is 10.1. The SMILES string of the molecule is CCc1ccc(CCc2ncnc3c2CC=C3)cc1. The average Bonchev–Trinajstić information content (AvgIpc) is 2.94. The lowest BCUT2D eigenvalue weighted by Gasteiger charge is -2.07. The first-order valence-electron chi connectivity index (χ1n) is 6.94. The monoisotopic (exact) mass is 250 g/mol. The molecule has 1 aromatic carbocycles. The summed E-state index contributed by atoms with van der Waals surface area (Å²) in [5.41, 5.74) is 6.40. The highest BCUT2D eigenvalue weighted by Gasteiger charge is 2.12. The fourth-order valence-corrected chi connectivity index (χ4v) is 2.54. The molecular formula is C17H18N2. The molecule has 1 heterocycles. The minimum absolute atomic E-state index is 0.986. The third-order valence-corrected chi connectivity index (χ3v) is 3.75. The zero-order valence-corrected chi connectivity index (χ0v) is 11.3. The average molecular weight is 250 g/mol. The smallest absolute Gasteiger partial charge is 0.116 e. The van der Waals surface area contributed by atoms with Gasteiger partial charge in [-0.3, -0.25) is 0 Å². The van der Waals surface area contributed by atoms with Crippen LogP contribution in [-0.2, 0) is 25.7 Å². The molecule has 0 radical (unpaired) electrons. The number of hydrogen-bond acceptors (Lipinski definition) is 2. The summed E-state index contributed by atoms with van der Waals surface area (Å²) >= 11 is 0. The lowest BCUT2D eigenvalue weighted by molar-refractivity contribution is 0.875. The number of aromatic nitrogens is 2. The van der Waals surface area contributed by atoms with Gasteiger partial charge in [0.15, 0.2) is 0 Å². The molecule has 1 aliphatic rings. The van der Waals surface area contributed by atoms with Gasteiger partial charge in [-0.2, -0.15) is 0 Å². The molecule has 0 saturated carbocycles. The summed E-state index contributed by atoms with van der Waals surface area (Å²) in [4.78, 5) is 8.75. The summed E-state index contributed by atoms with van der Waals surface area (Å²) in [6, 6.07) is 8.92. The van der Waals surface area contributed by atoms with Crippen LogP contribution in [0.15, 0.2) is 36.7 Å². The van der Waals surface area contributed by atoms with E-state index in [0.29, 0.717) is 0 Å². The van der Waals surface area contributed by atoms with E-state index in [9.17, 15) is 0 Å². The number of benzene rings is 1. The maximum Gasteiger partial charge on any atom is 0.116 e. The molecule has 0 fully saturated rings. The molecule has 2 aromatic rings. The Hall–Kier alpha value is -1.96. The highest BCUT2D eigenvalue weighted by molar-refractivity contribution is 5.56. The van der Waals surface area contributed by atoms with Gasteiger partial charge in [0, 0.05) is 11.3 Å². The second-order valence-electron chi connectivity index (χ2n) is 4.96. The largest absolute Gasteiger partial charge is 0.241 e. The van der Waals surface area contributed by atoms with Crippen molar-refractivity contribution in [2.24, 2.45) is 0 Å². The van der Waals surface area contributed by atoms with Crippen LogP contribution in [0.4, 0.5) is 0 Å². The molecule has 0 spiro atoms. The van der Waals surface area contributed by atoms with Crippen molar-refractivity contribution in [3.63, 3.8) is 0 Å². The van der Waals surface area contributed by atoms with Crippen molar-refractivity contribution in [3.05, 3.63) is 64.7 Å². The van der Waals surface area contributed by atoms with Crippen molar-refractivity contribution in [3.8, 4) is 0 Å². The van der Waals surface area contributed by atoms with Gasteiger partial charge in [0.05, 0.1) is 5.69 Å². The molecule has 96 valence electrons. The second kappa shape index (κ2) is 5.35. The molecule has 0 atom stereocenters. The number of fused-ring (bicyclic) bond motifs is 1. The molecule has 0 aliphatic heterocycles. The lowest BCUT2D eigenvalue weighted by atomic mass is 10.0. The third kappa shape index (κ3) is 2.58. The molecule has 1 aromatic heterocycles. The molecule has 1 aliphatic carbocycles. The molecule has 0 saturated heterocycles. The zero-order chi connectivity index (χ0) is 13.1. The van der Waals surface area contributed by atoms with E-state index in [-0.39, 0.29) is 0 Å². The topological polar surface area (TPSA) is 25.8 Å². The van der Waals surface area contributed by atoms with Gasteiger partial charge in [0.25, 0.3) is 0 Å².